The molecule has 1 aliphatic heterocycles. The number of anilines is 1. The van der Waals surface area contributed by atoms with Crippen molar-refractivity contribution in [3.63, 3.8) is 0 Å². The van der Waals surface area contributed by atoms with Crippen LogP contribution in [0.1, 0.15) is 30.7 Å². The number of carbonyl (C=O) groups excluding carboxylic acids is 2. The van der Waals surface area contributed by atoms with Gasteiger partial charge in [0.15, 0.2) is 0 Å². The van der Waals surface area contributed by atoms with E-state index in [2.05, 4.69) is 5.32 Å². The van der Waals surface area contributed by atoms with Crippen LogP contribution in [0.2, 0.25) is 0 Å². The summed E-state index contributed by atoms with van der Waals surface area (Å²) in [6.45, 7) is 0.291. The number of carboxylic acids is 1. The smallest absolute Gasteiger partial charge is 0.303 e. The molecule has 0 saturated heterocycles. The second-order valence-electron chi connectivity index (χ2n) is 5.29. The molecule has 2 N–H and O–H groups in total. The van der Waals surface area contributed by atoms with Crippen molar-refractivity contribution in [2.24, 2.45) is 0 Å². The minimum absolute atomic E-state index is 0.000730. The van der Waals surface area contributed by atoms with Crippen LogP contribution in [0, 0.1) is 5.82 Å². The highest BCUT2D eigenvalue weighted by atomic mass is 19.1. The Labute approximate surface area is 126 Å². The monoisotopic (exact) mass is 308 g/mol. The van der Waals surface area contributed by atoms with E-state index in [0.717, 1.165) is 0 Å². The van der Waals surface area contributed by atoms with E-state index in [1.54, 1.807) is 7.05 Å². The minimum atomic E-state index is -0.918. The fraction of sp³-hybridized carbons (Fsp3) is 0.400. The van der Waals surface area contributed by atoms with Gasteiger partial charge in [0, 0.05) is 32.1 Å². The van der Waals surface area contributed by atoms with Gasteiger partial charge >= 0.3 is 5.97 Å². The molecule has 1 aliphatic rings. The first-order chi connectivity index (χ1) is 10.4. The molecule has 0 bridgehead atoms. The molecule has 1 aromatic carbocycles. The Kier molecular flexibility index (Phi) is 4.75. The summed E-state index contributed by atoms with van der Waals surface area (Å²) in [5.74, 6) is -2.68. The molecule has 0 saturated carbocycles. The number of carboxylic acid groups (broad SMARTS) is 1. The van der Waals surface area contributed by atoms with Crippen LogP contribution < -0.4 is 5.32 Å². The molecule has 6 nitrogen and oxygen atoms in total. The van der Waals surface area contributed by atoms with E-state index in [9.17, 15) is 18.8 Å². The summed E-state index contributed by atoms with van der Waals surface area (Å²) < 4.78 is 13.2. The van der Waals surface area contributed by atoms with Crippen LogP contribution in [0.4, 0.5) is 10.1 Å². The summed E-state index contributed by atoms with van der Waals surface area (Å²) in [5.41, 5.74) is 0.893. The number of benzene rings is 1. The quantitative estimate of drug-likeness (QED) is 0.864. The standard InChI is InChI=1S/C15H17FN2O4/c1-18(6-2-3-14(20)21)15(22)11-8-13(19)17-12-7-9(16)4-5-10(11)12/h4-5,7,11H,2-3,6,8H2,1H3,(H,17,19)(H,20,21). The number of rotatable bonds is 5. The number of hydrogen-bond acceptors (Lipinski definition) is 3. The van der Waals surface area contributed by atoms with Gasteiger partial charge in [-0.2, -0.15) is 0 Å². The van der Waals surface area contributed by atoms with E-state index in [1.807, 2.05) is 0 Å². The van der Waals surface area contributed by atoms with Crippen LogP contribution in [-0.2, 0) is 14.4 Å². The van der Waals surface area contributed by atoms with Crippen LogP contribution in [0.25, 0.3) is 0 Å². The molecule has 0 spiro atoms. The molecular formula is C15H17FN2O4. The van der Waals surface area contributed by atoms with Crippen molar-refractivity contribution >= 4 is 23.5 Å². The minimum Gasteiger partial charge on any atom is -0.481 e. The molecular weight excluding hydrogens is 291 g/mol. The number of hydrogen-bond donors (Lipinski definition) is 2. The molecule has 0 fully saturated rings. The molecule has 1 heterocycles. The maximum atomic E-state index is 13.2. The Hall–Kier alpha value is -2.44. The Balaban J connectivity index is 2.13. The van der Waals surface area contributed by atoms with Crippen molar-refractivity contribution in [3.05, 3.63) is 29.6 Å². The number of halogens is 1. The van der Waals surface area contributed by atoms with E-state index in [1.165, 1.54) is 23.1 Å². The maximum absolute atomic E-state index is 13.2. The average Bonchev–Trinajstić information content (AvgIpc) is 2.44. The highest BCUT2D eigenvalue weighted by Gasteiger charge is 2.32. The molecule has 118 valence electrons. The van der Waals surface area contributed by atoms with Gasteiger partial charge in [-0.15, -0.1) is 0 Å². The zero-order valence-electron chi connectivity index (χ0n) is 12.1. The van der Waals surface area contributed by atoms with Crippen LogP contribution in [0.3, 0.4) is 0 Å². The Morgan fingerprint density at radius 1 is 1.45 bits per heavy atom. The van der Waals surface area contributed by atoms with Gasteiger partial charge in [0.1, 0.15) is 5.82 Å². The predicted octanol–water partition coefficient (Wildman–Crippen LogP) is 1.57. The first kappa shape index (κ1) is 15.9. The van der Waals surface area contributed by atoms with Gasteiger partial charge < -0.3 is 15.3 Å². The van der Waals surface area contributed by atoms with Crippen LogP contribution in [-0.4, -0.2) is 41.4 Å². The topological polar surface area (TPSA) is 86.7 Å². The molecule has 7 heteroatoms. The zero-order chi connectivity index (χ0) is 16.3. The van der Waals surface area contributed by atoms with Crippen molar-refractivity contribution in [3.8, 4) is 0 Å². The molecule has 0 radical (unpaired) electrons. The molecule has 22 heavy (non-hydrogen) atoms. The molecule has 1 aromatic rings. The summed E-state index contributed by atoms with van der Waals surface area (Å²) >= 11 is 0. The largest absolute Gasteiger partial charge is 0.481 e. The highest BCUT2D eigenvalue weighted by Crippen LogP contribution is 2.33. The SMILES string of the molecule is CN(CCCC(=O)O)C(=O)C1CC(=O)Nc2cc(F)ccc21. The average molecular weight is 308 g/mol. The van der Waals surface area contributed by atoms with Gasteiger partial charge in [0.25, 0.3) is 0 Å². The summed E-state index contributed by atoms with van der Waals surface area (Å²) in [7, 11) is 1.57. The lowest BCUT2D eigenvalue weighted by atomic mass is 9.89. The van der Waals surface area contributed by atoms with Crippen molar-refractivity contribution in [2.45, 2.75) is 25.2 Å². The number of carbonyl (C=O) groups is 3. The van der Waals surface area contributed by atoms with Crippen molar-refractivity contribution in [1.82, 2.24) is 4.90 Å². The Morgan fingerprint density at radius 2 is 2.18 bits per heavy atom. The third-order valence-electron chi connectivity index (χ3n) is 3.61. The molecule has 2 rings (SSSR count). The number of nitrogens with zero attached hydrogens (tertiary/aromatic N) is 1. The van der Waals surface area contributed by atoms with Crippen LogP contribution in [0.5, 0.6) is 0 Å². The Morgan fingerprint density at radius 3 is 2.86 bits per heavy atom. The van der Waals surface area contributed by atoms with Crippen molar-refractivity contribution < 1.29 is 23.9 Å². The number of fused-ring (bicyclic) bond motifs is 1. The lowest BCUT2D eigenvalue weighted by molar-refractivity contribution is -0.138. The summed E-state index contributed by atoms with van der Waals surface area (Å²) in [6.07, 6.45) is 0.318. The third-order valence-corrected chi connectivity index (χ3v) is 3.61. The van der Waals surface area contributed by atoms with Crippen molar-refractivity contribution in [1.29, 1.82) is 0 Å². The fourth-order valence-corrected chi connectivity index (χ4v) is 2.50. The van der Waals surface area contributed by atoms with Gasteiger partial charge in [0.2, 0.25) is 11.8 Å². The third kappa shape index (κ3) is 3.60. The van der Waals surface area contributed by atoms with Crippen LogP contribution >= 0.6 is 0 Å². The van der Waals surface area contributed by atoms with Gasteiger partial charge in [-0.1, -0.05) is 6.07 Å². The predicted molar refractivity (Wildman–Crippen MR) is 76.9 cm³/mol. The number of amides is 2. The van der Waals surface area contributed by atoms with E-state index in [-0.39, 0.29) is 24.7 Å². The van der Waals surface area contributed by atoms with Gasteiger partial charge in [-0.25, -0.2) is 4.39 Å². The van der Waals surface area contributed by atoms with Gasteiger partial charge in [0.05, 0.1) is 5.92 Å². The fourth-order valence-electron chi connectivity index (χ4n) is 2.50. The molecule has 2 amide bonds. The second kappa shape index (κ2) is 6.55. The first-order valence-corrected chi connectivity index (χ1v) is 6.94. The summed E-state index contributed by atoms with van der Waals surface area (Å²) in [4.78, 5) is 36.1. The summed E-state index contributed by atoms with van der Waals surface area (Å²) in [5, 5.41) is 11.2. The van der Waals surface area contributed by atoms with E-state index in [0.29, 0.717) is 24.2 Å². The van der Waals surface area contributed by atoms with Gasteiger partial charge in [-0.05, 0) is 24.1 Å². The van der Waals surface area contributed by atoms with E-state index >= 15 is 0 Å². The molecule has 0 aliphatic carbocycles. The Bertz CT molecular complexity index is 618. The normalized spacial score (nSPS) is 16.6. The number of nitrogens with one attached hydrogen (secondary N) is 1. The van der Waals surface area contributed by atoms with Crippen LogP contribution in [0.15, 0.2) is 18.2 Å². The second-order valence-corrected chi connectivity index (χ2v) is 5.29. The zero-order valence-corrected chi connectivity index (χ0v) is 12.1. The van der Waals surface area contributed by atoms with E-state index in [4.69, 9.17) is 5.11 Å². The first-order valence-electron chi connectivity index (χ1n) is 6.94. The number of likely N-dealkylation sites (N-methyl/N-ethyl adjacent to an activating group) is 1. The molecule has 1 unspecified atom stereocenters. The van der Waals surface area contributed by atoms with Gasteiger partial charge in [-0.3, -0.25) is 14.4 Å². The summed E-state index contributed by atoms with van der Waals surface area (Å²) in [6, 6.07) is 3.94. The lowest BCUT2D eigenvalue weighted by Crippen LogP contribution is -2.37. The maximum Gasteiger partial charge on any atom is 0.303 e. The highest BCUT2D eigenvalue weighted by molar-refractivity contribution is 6.01. The number of aliphatic carboxylic acids is 1. The van der Waals surface area contributed by atoms with E-state index < -0.39 is 17.7 Å². The molecule has 1 atom stereocenters. The lowest BCUT2D eigenvalue weighted by Gasteiger charge is -2.28. The van der Waals surface area contributed by atoms with Crippen molar-refractivity contribution in [2.75, 3.05) is 18.9 Å². The molecule has 0 aromatic heterocycles.